The molecule has 0 bridgehead atoms. The number of benzene rings is 2. The summed E-state index contributed by atoms with van der Waals surface area (Å²) in [6.45, 7) is 6.09. The minimum atomic E-state index is -0.955. The molecule has 3 atom stereocenters. The molecule has 6 nitrogen and oxygen atoms in total. The Bertz CT molecular complexity index is 973. The van der Waals surface area contributed by atoms with Crippen molar-refractivity contribution in [3.05, 3.63) is 65.5 Å². The number of amides is 1. The molecule has 7 heteroatoms. The molecule has 0 radical (unpaired) electrons. The zero-order chi connectivity index (χ0) is 25.4. The molecule has 1 fully saturated rings. The number of rotatable bonds is 12. The number of hydrogen-bond acceptors (Lipinski definition) is 4. The van der Waals surface area contributed by atoms with E-state index in [0.717, 1.165) is 31.2 Å². The number of hydrogen-bond donors (Lipinski definition) is 1. The minimum absolute atomic E-state index is 0.00874. The topological polar surface area (TPSA) is 70.1 Å². The van der Waals surface area contributed by atoms with Gasteiger partial charge in [0.2, 0.25) is 5.91 Å². The van der Waals surface area contributed by atoms with Gasteiger partial charge in [-0.2, -0.15) is 0 Å². The van der Waals surface area contributed by atoms with Gasteiger partial charge in [0.15, 0.2) is 0 Å². The third-order valence-corrected chi connectivity index (χ3v) is 6.87. The molecule has 3 rings (SSSR count). The van der Waals surface area contributed by atoms with Gasteiger partial charge in [0.1, 0.15) is 11.6 Å². The number of ether oxygens (including phenoxy) is 1. The molecule has 0 spiro atoms. The van der Waals surface area contributed by atoms with Crippen molar-refractivity contribution in [2.24, 2.45) is 5.92 Å². The van der Waals surface area contributed by atoms with Gasteiger partial charge < -0.3 is 14.7 Å². The van der Waals surface area contributed by atoms with Gasteiger partial charge in [-0.05, 0) is 48.2 Å². The average molecular weight is 485 g/mol. The Balaban J connectivity index is 1.96. The first kappa shape index (κ1) is 26.7. The maximum atomic E-state index is 14.1. The minimum Gasteiger partial charge on any atom is -0.497 e. The fourth-order valence-electron chi connectivity index (χ4n) is 5.00. The molecule has 1 amide bonds. The Morgan fingerprint density at radius 3 is 2.26 bits per heavy atom. The predicted molar refractivity (Wildman–Crippen MR) is 134 cm³/mol. The van der Waals surface area contributed by atoms with Crippen molar-refractivity contribution in [2.45, 2.75) is 51.5 Å². The highest BCUT2D eigenvalue weighted by Gasteiger charge is 2.48. The van der Waals surface area contributed by atoms with Crippen molar-refractivity contribution in [1.82, 2.24) is 9.80 Å². The number of likely N-dealkylation sites (tertiary alicyclic amines) is 1. The lowest BCUT2D eigenvalue weighted by molar-refractivity contribution is -0.144. The Morgan fingerprint density at radius 1 is 1.06 bits per heavy atom. The van der Waals surface area contributed by atoms with Crippen LogP contribution in [0.15, 0.2) is 48.5 Å². The van der Waals surface area contributed by atoms with Crippen LogP contribution < -0.4 is 4.74 Å². The van der Waals surface area contributed by atoms with Crippen molar-refractivity contribution in [3.63, 3.8) is 0 Å². The zero-order valence-electron chi connectivity index (χ0n) is 21.0. The summed E-state index contributed by atoms with van der Waals surface area (Å²) in [4.78, 5) is 29.9. The van der Waals surface area contributed by atoms with Crippen molar-refractivity contribution < 1.29 is 23.8 Å². The van der Waals surface area contributed by atoms with Crippen LogP contribution in [-0.2, 0) is 9.59 Å². The largest absolute Gasteiger partial charge is 0.497 e. The summed E-state index contributed by atoms with van der Waals surface area (Å²) in [5.41, 5.74) is 1.44. The first-order valence-corrected chi connectivity index (χ1v) is 12.5. The van der Waals surface area contributed by atoms with Crippen LogP contribution in [0.4, 0.5) is 4.39 Å². The van der Waals surface area contributed by atoms with Gasteiger partial charge in [0.05, 0.1) is 19.6 Å². The highest BCUT2D eigenvalue weighted by molar-refractivity contribution is 5.79. The van der Waals surface area contributed by atoms with Crippen LogP contribution in [0.1, 0.15) is 62.6 Å². The van der Waals surface area contributed by atoms with Crippen LogP contribution in [0, 0.1) is 11.7 Å². The molecule has 0 saturated carbocycles. The second-order valence-corrected chi connectivity index (χ2v) is 9.26. The van der Waals surface area contributed by atoms with Gasteiger partial charge in [-0.1, -0.05) is 51.0 Å². The molecule has 190 valence electrons. The number of carbonyl (C=O) groups excluding carboxylic acids is 1. The lowest BCUT2D eigenvalue weighted by Crippen LogP contribution is -2.42. The SMILES string of the molecule is CCCCN(CCCC)C(=O)CN1C[C@@H](c2cccc(F)c2)[C@H](C(=O)O)[C@H]1c1ccc(OC)cc1. The second kappa shape index (κ2) is 12.7. The quantitative estimate of drug-likeness (QED) is 0.454. The summed E-state index contributed by atoms with van der Waals surface area (Å²) in [7, 11) is 1.58. The maximum absolute atomic E-state index is 14.1. The van der Waals surface area contributed by atoms with Crippen molar-refractivity contribution in [1.29, 1.82) is 0 Å². The molecule has 2 aromatic carbocycles. The maximum Gasteiger partial charge on any atom is 0.309 e. The van der Waals surface area contributed by atoms with E-state index in [2.05, 4.69) is 13.8 Å². The molecule has 1 aliphatic rings. The van der Waals surface area contributed by atoms with Gasteiger partial charge in [0.25, 0.3) is 0 Å². The highest BCUT2D eigenvalue weighted by atomic mass is 19.1. The average Bonchev–Trinajstić information content (AvgIpc) is 3.23. The van der Waals surface area contributed by atoms with E-state index in [0.29, 0.717) is 30.9 Å². The summed E-state index contributed by atoms with van der Waals surface area (Å²) >= 11 is 0. The summed E-state index contributed by atoms with van der Waals surface area (Å²) in [5.74, 6) is -1.93. The van der Waals surface area contributed by atoms with E-state index < -0.39 is 29.7 Å². The molecule has 1 saturated heterocycles. The van der Waals surface area contributed by atoms with Crippen LogP contribution in [0.5, 0.6) is 5.75 Å². The number of carboxylic acid groups (broad SMARTS) is 1. The van der Waals surface area contributed by atoms with Crippen molar-refractivity contribution in [3.8, 4) is 5.75 Å². The van der Waals surface area contributed by atoms with E-state index in [1.54, 1.807) is 31.4 Å². The molecule has 1 N–H and O–H groups in total. The molecule has 0 aliphatic carbocycles. The van der Waals surface area contributed by atoms with Crippen LogP contribution in [0.2, 0.25) is 0 Å². The van der Waals surface area contributed by atoms with Crippen LogP contribution in [0.3, 0.4) is 0 Å². The molecule has 0 unspecified atom stereocenters. The molecule has 1 aliphatic heterocycles. The van der Waals surface area contributed by atoms with E-state index in [1.807, 2.05) is 21.9 Å². The summed E-state index contributed by atoms with van der Waals surface area (Å²) in [6, 6.07) is 13.0. The Hall–Kier alpha value is -2.93. The highest BCUT2D eigenvalue weighted by Crippen LogP contribution is 2.46. The molecule has 35 heavy (non-hydrogen) atoms. The normalized spacial score (nSPS) is 20.1. The molecular formula is C28H37FN2O4. The third kappa shape index (κ3) is 6.60. The Morgan fingerprint density at radius 2 is 1.71 bits per heavy atom. The number of carbonyl (C=O) groups is 2. The number of unbranched alkanes of at least 4 members (excludes halogenated alkanes) is 2. The summed E-state index contributed by atoms with van der Waals surface area (Å²) in [5, 5.41) is 10.3. The Kier molecular flexibility index (Phi) is 9.66. The first-order valence-electron chi connectivity index (χ1n) is 12.5. The summed E-state index contributed by atoms with van der Waals surface area (Å²) in [6.07, 6.45) is 3.86. The third-order valence-electron chi connectivity index (χ3n) is 6.87. The van der Waals surface area contributed by atoms with Gasteiger partial charge in [-0.3, -0.25) is 14.5 Å². The monoisotopic (exact) mass is 484 g/mol. The van der Waals surface area contributed by atoms with E-state index in [9.17, 15) is 19.1 Å². The molecule has 1 heterocycles. The number of carboxylic acids is 1. The second-order valence-electron chi connectivity index (χ2n) is 9.26. The number of halogens is 1. The van der Waals surface area contributed by atoms with E-state index in [1.165, 1.54) is 12.1 Å². The van der Waals surface area contributed by atoms with E-state index in [-0.39, 0.29) is 12.5 Å². The van der Waals surface area contributed by atoms with Crippen molar-refractivity contribution in [2.75, 3.05) is 33.3 Å². The van der Waals surface area contributed by atoms with Crippen LogP contribution >= 0.6 is 0 Å². The standard InChI is InChI=1S/C28H37FN2O4/c1-4-6-15-30(16-7-5-2)25(32)19-31-18-24(21-9-8-10-22(29)17-21)26(28(33)34)27(31)20-11-13-23(35-3)14-12-20/h8-14,17,24,26-27H,4-7,15-16,18-19H2,1-3H3,(H,33,34)/t24-,26-,27+/m0/s1. The van der Waals surface area contributed by atoms with Gasteiger partial charge in [-0.25, -0.2) is 4.39 Å². The van der Waals surface area contributed by atoms with Crippen LogP contribution in [0.25, 0.3) is 0 Å². The molecule has 2 aromatic rings. The van der Waals surface area contributed by atoms with E-state index in [4.69, 9.17) is 4.74 Å². The van der Waals surface area contributed by atoms with Crippen LogP contribution in [-0.4, -0.2) is 60.1 Å². The van der Waals surface area contributed by atoms with Crippen molar-refractivity contribution >= 4 is 11.9 Å². The number of aliphatic carboxylic acids is 1. The zero-order valence-corrected chi connectivity index (χ0v) is 21.0. The lowest BCUT2D eigenvalue weighted by atomic mass is 9.83. The molecular weight excluding hydrogens is 447 g/mol. The fourth-order valence-corrected chi connectivity index (χ4v) is 5.00. The van der Waals surface area contributed by atoms with E-state index >= 15 is 0 Å². The predicted octanol–water partition coefficient (Wildman–Crippen LogP) is 5.10. The Labute approximate surface area is 207 Å². The lowest BCUT2D eigenvalue weighted by Gasteiger charge is -2.30. The number of methoxy groups -OCH3 is 1. The van der Waals surface area contributed by atoms with Gasteiger partial charge in [-0.15, -0.1) is 0 Å². The molecule has 0 aromatic heterocycles. The smallest absolute Gasteiger partial charge is 0.309 e. The number of nitrogens with zero attached hydrogens (tertiary/aromatic N) is 2. The summed E-state index contributed by atoms with van der Waals surface area (Å²) < 4.78 is 19.3. The van der Waals surface area contributed by atoms with Gasteiger partial charge >= 0.3 is 5.97 Å². The van der Waals surface area contributed by atoms with Gasteiger partial charge in [0, 0.05) is 31.6 Å². The fraction of sp³-hybridized carbons (Fsp3) is 0.500. The first-order chi connectivity index (χ1) is 16.9.